The van der Waals surface area contributed by atoms with E-state index in [0.29, 0.717) is 6.42 Å². The summed E-state index contributed by atoms with van der Waals surface area (Å²) in [5.74, 6) is 1.56. The van der Waals surface area contributed by atoms with Crippen LogP contribution >= 0.6 is 0 Å². The Kier molecular flexibility index (Phi) is 3.50. The van der Waals surface area contributed by atoms with Crippen LogP contribution in [0.3, 0.4) is 0 Å². The van der Waals surface area contributed by atoms with Crippen molar-refractivity contribution in [2.45, 2.75) is 37.5 Å². The number of benzene rings is 2. The van der Waals surface area contributed by atoms with Crippen LogP contribution in [0.1, 0.15) is 19.3 Å². The second kappa shape index (κ2) is 5.66. The van der Waals surface area contributed by atoms with Gasteiger partial charge in [-0.25, -0.2) is 0 Å². The summed E-state index contributed by atoms with van der Waals surface area (Å²) in [7, 11) is 0. The number of hydrogen-bond donors (Lipinski definition) is 1. The van der Waals surface area contributed by atoms with Gasteiger partial charge in [-0.2, -0.15) is 0 Å². The van der Waals surface area contributed by atoms with Gasteiger partial charge in [0.05, 0.1) is 29.6 Å². The molecule has 1 aliphatic heterocycles. The number of ether oxygens (including phenoxy) is 1. The summed E-state index contributed by atoms with van der Waals surface area (Å²) in [5.41, 5.74) is 11.1. The quantitative estimate of drug-likeness (QED) is 0.844. The maximum Gasteiger partial charge on any atom is 0.151 e. The summed E-state index contributed by atoms with van der Waals surface area (Å²) in [6, 6.07) is 15.1. The number of aliphatic hydroxyl groups is 1. The van der Waals surface area contributed by atoms with E-state index < -0.39 is 12.1 Å². The molecule has 0 aromatic heterocycles. The van der Waals surface area contributed by atoms with Gasteiger partial charge in [0.2, 0.25) is 0 Å². The number of rotatable bonds is 2. The van der Waals surface area contributed by atoms with Crippen LogP contribution in [0.25, 0.3) is 5.53 Å². The van der Waals surface area contributed by atoms with Crippen molar-refractivity contribution in [3.63, 3.8) is 0 Å². The molecular formula is C18H18N3O2-. The van der Waals surface area contributed by atoms with E-state index in [-0.39, 0.29) is 6.04 Å². The van der Waals surface area contributed by atoms with E-state index in [1.165, 1.54) is 0 Å². The Morgan fingerprint density at radius 3 is 2.22 bits per heavy atom. The van der Waals surface area contributed by atoms with Crippen molar-refractivity contribution < 1.29 is 9.84 Å². The monoisotopic (exact) mass is 308 g/mol. The van der Waals surface area contributed by atoms with E-state index >= 15 is 0 Å². The zero-order valence-electron chi connectivity index (χ0n) is 12.7. The Labute approximate surface area is 135 Å². The highest BCUT2D eigenvalue weighted by atomic mass is 16.5. The highest BCUT2D eigenvalue weighted by Crippen LogP contribution is 2.49. The Morgan fingerprint density at radius 2 is 1.61 bits per heavy atom. The second-order valence-electron chi connectivity index (χ2n) is 6.08. The van der Waals surface area contributed by atoms with Gasteiger partial charge in [0.15, 0.2) is 11.5 Å². The number of aliphatic hydroxyl groups excluding tert-OH is 1. The van der Waals surface area contributed by atoms with E-state index in [2.05, 4.69) is 10.0 Å². The van der Waals surface area contributed by atoms with Gasteiger partial charge < -0.3 is 25.4 Å². The second-order valence-corrected chi connectivity index (χ2v) is 6.08. The van der Waals surface area contributed by atoms with Gasteiger partial charge in [0, 0.05) is 0 Å². The lowest BCUT2D eigenvalue weighted by Crippen LogP contribution is -2.49. The minimum atomic E-state index is -0.715. The fourth-order valence-corrected chi connectivity index (χ4v) is 3.63. The first kappa shape index (κ1) is 14.2. The first-order valence-electron chi connectivity index (χ1n) is 7.97. The zero-order chi connectivity index (χ0) is 15.8. The van der Waals surface area contributed by atoms with Crippen molar-refractivity contribution in [3.8, 4) is 11.5 Å². The lowest BCUT2D eigenvalue weighted by Gasteiger charge is -2.44. The van der Waals surface area contributed by atoms with Gasteiger partial charge in [-0.1, -0.05) is 24.3 Å². The molecule has 1 heterocycles. The lowest BCUT2D eigenvalue weighted by atomic mass is 9.86. The normalized spacial score (nSPS) is 26.0. The highest BCUT2D eigenvalue weighted by molar-refractivity contribution is 5.78. The van der Waals surface area contributed by atoms with Crippen LogP contribution in [0.2, 0.25) is 0 Å². The Morgan fingerprint density at radius 1 is 1.00 bits per heavy atom. The third-order valence-corrected chi connectivity index (χ3v) is 4.74. The summed E-state index contributed by atoms with van der Waals surface area (Å²) in [6.45, 7) is 0. The summed E-state index contributed by atoms with van der Waals surface area (Å²) < 4.78 is 5.99. The maximum absolute atomic E-state index is 10.7. The molecule has 118 valence electrons. The average molecular weight is 308 g/mol. The summed E-state index contributed by atoms with van der Waals surface area (Å²) in [4.78, 5) is 2.14. The predicted molar refractivity (Wildman–Crippen MR) is 88.3 cm³/mol. The minimum absolute atomic E-state index is 0.143. The molecular weight excluding hydrogens is 290 g/mol. The largest absolute Gasteiger partial charge is 0.712 e. The molecule has 0 unspecified atom stereocenters. The molecule has 1 aliphatic carbocycles. The number of hydrogen-bond acceptors (Lipinski definition) is 4. The standard InChI is InChI=1S/C18H18N3O2/c19-20-12-6-5-9-15(18(12)22)21-13-7-1-3-10-16(13)23-17-11-4-2-8-14(17)21/h1-4,7-8,10-12,15,18,22H,5-6,9H2/q-1/t12-,15+,18+/m0/s1. The summed E-state index contributed by atoms with van der Waals surface area (Å²) in [5, 5.41) is 14.1. The Hall–Kier alpha value is -2.40. The zero-order valence-corrected chi connectivity index (χ0v) is 12.7. The number of anilines is 2. The van der Waals surface area contributed by atoms with Crippen LogP contribution in [-0.2, 0) is 0 Å². The van der Waals surface area contributed by atoms with Crippen molar-refractivity contribution in [2.24, 2.45) is 5.11 Å². The van der Waals surface area contributed by atoms with Crippen molar-refractivity contribution >= 4 is 11.4 Å². The smallest absolute Gasteiger partial charge is 0.151 e. The van der Waals surface area contributed by atoms with Gasteiger partial charge in [-0.15, -0.1) is 0 Å². The van der Waals surface area contributed by atoms with Crippen molar-refractivity contribution in [3.05, 3.63) is 54.1 Å². The number of nitrogens with zero attached hydrogens (tertiary/aromatic N) is 3. The molecule has 2 aromatic rings. The molecule has 1 N–H and O–H groups in total. The van der Waals surface area contributed by atoms with Gasteiger partial charge in [-0.3, -0.25) is 0 Å². The third kappa shape index (κ3) is 2.28. The first-order valence-corrected chi connectivity index (χ1v) is 7.97. The molecule has 23 heavy (non-hydrogen) atoms. The van der Waals surface area contributed by atoms with Crippen molar-refractivity contribution in [1.29, 1.82) is 0 Å². The van der Waals surface area contributed by atoms with Crippen LogP contribution in [0.5, 0.6) is 11.5 Å². The molecule has 3 atom stereocenters. The first-order chi connectivity index (χ1) is 11.3. The van der Waals surface area contributed by atoms with E-state index in [0.717, 1.165) is 35.7 Å². The van der Waals surface area contributed by atoms with Crippen molar-refractivity contribution in [1.82, 2.24) is 0 Å². The fraction of sp³-hybridized carbons (Fsp3) is 0.333. The Bertz CT molecular complexity index is 688. The molecule has 0 radical (unpaired) electrons. The molecule has 0 saturated heterocycles. The van der Waals surface area contributed by atoms with Crippen molar-refractivity contribution in [2.75, 3.05) is 4.90 Å². The average Bonchev–Trinajstić information content (AvgIpc) is 2.60. The predicted octanol–water partition coefficient (Wildman–Crippen LogP) is 4.23. The summed E-state index contributed by atoms with van der Waals surface area (Å²) in [6.07, 6.45) is 1.75. The van der Waals surface area contributed by atoms with Crippen LogP contribution < -0.4 is 9.64 Å². The molecule has 0 amide bonds. The molecule has 2 aromatic carbocycles. The molecule has 5 heteroatoms. The van der Waals surface area contributed by atoms with Crippen LogP contribution in [0.4, 0.5) is 11.4 Å². The molecule has 1 fully saturated rings. The van der Waals surface area contributed by atoms with E-state index in [1.54, 1.807) is 0 Å². The fourth-order valence-electron chi connectivity index (χ4n) is 3.63. The van der Waals surface area contributed by atoms with Gasteiger partial charge >= 0.3 is 0 Å². The Balaban J connectivity index is 1.82. The van der Waals surface area contributed by atoms with Gasteiger partial charge in [0.25, 0.3) is 0 Å². The van der Waals surface area contributed by atoms with Crippen LogP contribution in [0, 0.1) is 0 Å². The molecule has 1 saturated carbocycles. The van der Waals surface area contributed by atoms with E-state index in [1.807, 2.05) is 48.5 Å². The number of para-hydroxylation sites is 4. The van der Waals surface area contributed by atoms with Crippen LogP contribution in [0.15, 0.2) is 53.6 Å². The SMILES string of the molecule is [N-]=N[C@H]1CCC[C@@H](N2c3ccccc3Oc3ccccc32)[C@@H]1O. The van der Waals surface area contributed by atoms with E-state index in [9.17, 15) is 10.6 Å². The van der Waals surface area contributed by atoms with Crippen LogP contribution in [-0.4, -0.2) is 23.3 Å². The highest BCUT2D eigenvalue weighted by Gasteiger charge is 2.38. The molecule has 0 bridgehead atoms. The summed E-state index contributed by atoms with van der Waals surface area (Å²) >= 11 is 0. The lowest BCUT2D eigenvalue weighted by molar-refractivity contribution is 0.0875. The number of fused-ring (bicyclic) bond motifs is 2. The molecule has 4 rings (SSSR count). The molecule has 0 spiro atoms. The minimum Gasteiger partial charge on any atom is -0.712 e. The topological polar surface area (TPSA) is 67.4 Å². The molecule has 2 aliphatic rings. The van der Waals surface area contributed by atoms with Gasteiger partial charge in [0.1, 0.15) is 0 Å². The van der Waals surface area contributed by atoms with Gasteiger partial charge in [-0.05, 0) is 43.5 Å². The third-order valence-electron chi connectivity index (χ3n) is 4.74. The maximum atomic E-state index is 10.7. The van der Waals surface area contributed by atoms with E-state index in [4.69, 9.17) is 4.74 Å². The molecule has 5 nitrogen and oxygen atoms in total.